The maximum absolute atomic E-state index is 12.3. The van der Waals surface area contributed by atoms with Gasteiger partial charge in [0.05, 0.1) is 19.4 Å². The van der Waals surface area contributed by atoms with Crippen molar-refractivity contribution < 1.29 is 14.3 Å². The van der Waals surface area contributed by atoms with Gasteiger partial charge in [-0.3, -0.25) is 4.99 Å². The Labute approximate surface area is 150 Å². The van der Waals surface area contributed by atoms with Gasteiger partial charge in [0, 0.05) is 27.7 Å². The van der Waals surface area contributed by atoms with E-state index in [4.69, 9.17) is 21.1 Å². The number of hydrogen-bond acceptors (Lipinski definition) is 4. The zero-order chi connectivity index (χ0) is 17.8. The smallest absolute Gasteiger partial charge is 0.355 e. The number of rotatable bonds is 5. The molecule has 1 heterocycles. The molecule has 0 radical (unpaired) electrons. The molecule has 0 amide bonds. The highest BCUT2D eigenvalue weighted by Crippen LogP contribution is 2.26. The lowest BCUT2D eigenvalue weighted by atomic mass is 10.1. The van der Waals surface area contributed by atoms with Crippen LogP contribution in [0.25, 0.3) is 10.9 Å². The first kappa shape index (κ1) is 17.0. The van der Waals surface area contributed by atoms with Gasteiger partial charge in [-0.05, 0) is 49.4 Å². The van der Waals surface area contributed by atoms with Crippen LogP contribution in [0.2, 0.25) is 5.02 Å². The molecule has 6 heteroatoms. The number of nitrogens with one attached hydrogen (secondary N) is 1. The van der Waals surface area contributed by atoms with E-state index in [0.29, 0.717) is 22.9 Å². The van der Waals surface area contributed by atoms with Crippen molar-refractivity contribution in [3.63, 3.8) is 0 Å². The summed E-state index contributed by atoms with van der Waals surface area (Å²) in [7, 11) is 1.61. The number of hydrogen-bond donors (Lipinski definition) is 1. The Bertz CT molecular complexity index is 930. The molecule has 3 aromatic rings. The largest absolute Gasteiger partial charge is 0.497 e. The van der Waals surface area contributed by atoms with E-state index >= 15 is 0 Å². The van der Waals surface area contributed by atoms with Crippen molar-refractivity contribution in [1.29, 1.82) is 0 Å². The Balaban J connectivity index is 2.05. The lowest BCUT2D eigenvalue weighted by Gasteiger charge is -2.01. The summed E-state index contributed by atoms with van der Waals surface area (Å²) >= 11 is 6.10. The van der Waals surface area contributed by atoms with Crippen LogP contribution < -0.4 is 4.74 Å². The molecular formula is C19H17ClN2O3. The fourth-order valence-electron chi connectivity index (χ4n) is 2.49. The molecule has 2 aromatic carbocycles. The summed E-state index contributed by atoms with van der Waals surface area (Å²) in [4.78, 5) is 19.8. The first-order valence-corrected chi connectivity index (χ1v) is 8.16. The van der Waals surface area contributed by atoms with E-state index in [1.54, 1.807) is 32.4 Å². The van der Waals surface area contributed by atoms with Crippen LogP contribution >= 0.6 is 11.6 Å². The van der Waals surface area contributed by atoms with Crippen molar-refractivity contribution in [2.75, 3.05) is 13.7 Å². The zero-order valence-corrected chi connectivity index (χ0v) is 14.6. The maximum atomic E-state index is 12.3. The summed E-state index contributed by atoms with van der Waals surface area (Å²) in [5, 5.41) is 1.40. The Hall–Kier alpha value is -2.79. The second-order valence-corrected chi connectivity index (χ2v) is 5.72. The predicted molar refractivity (Wildman–Crippen MR) is 99.5 cm³/mol. The number of carbonyl (C=O) groups excluding carboxylic acids is 1. The number of aromatic amines is 1. The third-order valence-electron chi connectivity index (χ3n) is 3.70. The molecule has 5 nitrogen and oxygen atoms in total. The van der Waals surface area contributed by atoms with E-state index in [-0.39, 0.29) is 0 Å². The topological polar surface area (TPSA) is 63.7 Å². The van der Waals surface area contributed by atoms with Crippen molar-refractivity contribution in [2.45, 2.75) is 6.92 Å². The molecule has 1 N–H and O–H groups in total. The van der Waals surface area contributed by atoms with Crippen LogP contribution in [0.5, 0.6) is 5.75 Å². The number of halogens is 1. The third kappa shape index (κ3) is 3.67. The Morgan fingerprint density at radius 3 is 2.68 bits per heavy atom. The molecule has 0 aliphatic carbocycles. The minimum Gasteiger partial charge on any atom is -0.497 e. The average molecular weight is 357 g/mol. The normalized spacial score (nSPS) is 11.2. The quantitative estimate of drug-likeness (QED) is 0.529. The van der Waals surface area contributed by atoms with Crippen LogP contribution in [0.3, 0.4) is 0 Å². The highest BCUT2D eigenvalue weighted by Gasteiger charge is 2.17. The molecule has 1 aromatic heterocycles. The van der Waals surface area contributed by atoms with E-state index in [0.717, 1.165) is 22.3 Å². The van der Waals surface area contributed by atoms with Gasteiger partial charge in [0.25, 0.3) is 0 Å². The van der Waals surface area contributed by atoms with Crippen LogP contribution in [0.1, 0.15) is 23.0 Å². The van der Waals surface area contributed by atoms with Crippen LogP contribution in [0.4, 0.5) is 5.69 Å². The second kappa shape index (κ2) is 7.40. The minimum absolute atomic E-state index is 0.296. The van der Waals surface area contributed by atoms with Gasteiger partial charge >= 0.3 is 5.97 Å². The summed E-state index contributed by atoms with van der Waals surface area (Å²) in [5.41, 5.74) is 2.54. The number of fused-ring (bicyclic) bond motifs is 1. The SMILES string of the molecule is CCOC(=O)c1[nH]c2ccc(Cl)cc2c1C=Nc1ccc(OC)cc1. The number of methoxy groups -OCH3 is 1. The lowest BCUT2D eigenvalue weighted by Crippen LogP contribution is -2.07. The average Bonchev–Trinajstić information content (AvgIpc) is 2.98. The Kier molecular flexibility index (Phi) is 5.05. The number of esters is 1. The molecule has 0 atom stereocenters. The fourth-order valence-corrected chi connectivity index (χ4v) is 2.66. The standard InChI is InChI=1S/C19H17ClN2O3/c1-3-25-19(23)18-16(15-10-12(20)4-9-17(15)22-18)11-21-13-5-7-14(24-2)8-6-13/h4-11,22H,3H2,1-2H3. The van der Waals surface area contributed by atoms with Gasteiger partial charge < -0.3 is 14.5 Å². The number of H-pyrrole nitrogens is 1. The number of carbonyl (C=O) groups is 1. The van der Waals surface area contributed by atoms with Crippen molar-refractivity contribution in [1.82, 2.24) is 4.98 Å². The first-order chi connectivity index (χ1) is 12.1. The van der Waals surface area contributed by atoms with Gasteiger partial charge in [-0.25, -0.2) is 4.79 Å². The highest BCUT2D eigenvalue weighted by molar-refractivity contribution is 6.31. The van der Waals surface area contributed by atoms with Crippen LogP contribution in [0.15, 0.2) is 47.5 Å². The van der Waals surface area contributed by atoms with Gasteiger partial charge in [0.15, 0.2) is 0 Å². The van der Waals surface area contributed by atoms with Crippen molar-refractivity contribution >= 4 is 40.4 Å². The number of aliphatic imine (C=N–C) groups is 1. The van der Waals surface area contributed by atoms with E-state index in [9.17, 15) is 4.79 Å². The molecule has 0 saturated carbocycles. The molecule has 128 valence electrons. The van der Waals surface area contributed by atoms with Gasteiger partial charge in [0.2, 0.25) is 0 Å². The molecule has 0 aliphatic rings. The van der Waals surface area contributed by atoms with Crippen molar-refractivity contribution in [3.05, 3.63) is 58.7 Å². The fraction of sp³-hybridized carbons (Fsp3) is 0.158. The number of nitrogens with zero attached hydrogens (tertiary/aromatic N) is 1. The van der Waals surface area contributed by atoms with Gasteiger partial charge in [-0.15, -0.1) is 0 Å². The zero-order valence-electron chi connectivity index (χ0n) is 13.9. The molecule has 0 spiro atoms. The number of benzene rings is 2. The third-order valence-corrected chi connectivity index (χ3v) is 3.93. The van der Waals surface area contributed by atoms with Crippen molar-refractivity contribution in [2.24, 2.45) is 4.99 Å². The molecule has 0 saturated heterocycles. The monoisotopic (exact) mass is 356 g/mol. The second-order valence-electron chi connectivity index (χ2n) is 5.28. The lowest BCUT2D eigenvalue weighted by molar-refractivity contribution is 0.0520. The minimum atomic E-state index is -0.425. The van der Waals surface area contributed by atoms with E-state index < -0.39 is 5.97 Å². The number of aromatic nitrogens is 1. The molecule has 25 heavy (non-hydrogen) atoms. The number of ether oxygens (including phenoxy) is 2. The summed E-state index contributed by atoms with van der Waals surface area (Å²) in [6.45, 7) is 2.06. The summed E-state index contributed by atoms with van der Waals surface area (Å²) in [5.74, 6) is 0.330. The van der Waals surface area contributed by atoms with Crippen LogP contribution in [-0.2, 0) is 4.74 Å². The summed E-state index contributed by atoms with van der Waals surface area (Å²) < 4.78 is 10.3. The Morgan fingerprint density at radius 2 is 2.00 bits per heavy atom. The summed E-state index contributed by atoms with van der Waals surface area (Å²) in [6.07, 6.45) is 1.64. The van der Waals surface area contributed by atoms with Crippen LogP contribution in [-0.4, -0.2) is 30.9 Å². The van der Waals surface area contributed by atoms with Gasteiger partial charge in [-0.1, -0.05) is 11.6 Å². The molecule has 0 bridgehead atoms. The maximum Gasteiger partial charge on any atom is 0.355 e. The molecule has 0 fully saturated rings. The first-order valence-electron chi connectivity index (χ1n) is 7.79. The van der Waals surface area contributed by atoms with Gasteiger partial charge in [-0.2, -0.15) is 0 Å². The predicted octanol–water partition coefficient (Wildman–Crippen LogP) is 4.76. The molecule has 0 unspecified atom stereocenters. The van der Waals surface area contributed by atoms with Crippen LogP contribution in [0, 0.1) is 0 Å². The van der Waals surface area contributed by atoms with E-state index in [2.05, 4.69) is 9.98 Å². The van der Waals surface area contributed by atoms with E-state index in [1.807, 2.05) is 30.3 Å². The van der Waals surface area contributed by atoms with Crippen molar-refractivity contribution in [3.8, 4) is 5.75 Å². The molecule has 0 aliphatic heterocycles. The molecule has 3 rings (SSSR count). The highest BCUT2D eigenvalue weighted by atomic mass is 35.5. The van der Waals surface area contributed by atoms with E-state index in [1.165, 1.54) is 0 Å². The summed E-state index contributed by atoms with van der Waals surface area (Å²) in [6, 6.07) is 12.7. The Morgan fingerprint density at radius 1 is 1.24 bits per heavy atom. The molecular weight excluding hydrogens is 340 g/mol. The van der Waals surface area contributed by atoms with Gasteiger partial charge in [0.1, 0.15) is 11.4 Å².